The van der Waals surface area contributed by atoms with Crippen molar-refractivity contribution in [2.75, 3.05) is 17.2 Å². The number of benzene rings is 1. The molecule has 0 radical (unpaired) electrons. The predicted molar refractivity (Wildman–Crippen MR) is 78.8 cm³/mol. The third kappa shape index (κ3) is 2.43. The lowest BCUT2D eigenvalue weighted by Gasteiger charge is -2.22. The monoisotopic (exact) mass is 311 g/mol. The Bertz CT molecular complexity index is 629. The summed E-state index contributed by atoms with van der Waals surface area (Å²) in [5, 5.41) is 12.4. The van der Waals surface area contributed by atoms with Gasteiger partial charge in [0.15, 0.2) is 5.82 Å². The highest BCUT2D eigenvalue weighted by Gasteiger charge is 2.25. The summed E-state index contributed by atoms with van der Waals surface area (Å²) >= 11 is 6.22. The van der Waals surface area contributed by atoms with Crippen molar-refractivity contribution in [1.29, 1.82) is 0 Å². The van der Waals surface area contributed by atoms with Crippen LogP contribution in [0, 0.1) is 0 Å². The summed E-state index contributed by atoms with van der Waals surface area (Å²) < 4.78 is 13.2. The lowest BCUT2D eigenvalue weighted by Crippen LogP contribution is -2.23. The van der Waals surface area contributed by atoms with Crippen molar-refractivity contribution in [1.82, 2.24) is 20.2 Å². The van der Waals surface area contributed by atoms with Crippen molar-refractivity contribution in [3.05, 3.63) is 23.2 Å². The molecule has 8 heteroatoms. The lowest BCUT2D eigenvalue weighted by atomic mass is 10.1. The molecular formula is C12H14ClN5OS. The Morgan fingerprint density at radius 1 is 1.35 bits per heavy atom. The molecular weight excluding hydrogens is 298 g/mol. The van der Waals surface area contributed by atoms with Crippen LogP contribution >= 0.6 is 11.6 Å². The number of nitrogen functional groups attached to an aromatic ring is 1. The molecule has 1 saturated heterocycles. The van der Waals surface area contributed by atoms with E-state index >= 15 is 0 Å². The number of rotatable bonds is 2. The van der Waals surface area contributed by atoms with Crippen LogP contribution < -0.4 is 5.73 Å². The van der Waals surface area contributed by atoms with Gasteiger partial charge in [0, 0.05) is 28.0 Å². The molecule has 0 spiro atoms. The normalized spacial score (nSPS) is 22.9. The Labute approximate surface area is 123 Å². The third-order valence-corrected chi connectivity index (χ3v) is 5.16. The fraction of sp³-hybridized carbons (Fsp3) is 0.417. The Morgan fingerprint density at radius 2 is 2.10 bits per heavy atom. The first-order chi connectivity index (χ1) is 9.66. The van der Waals surface area contributed by atoms with E-state index in [1.165, 1.54) is 0 Å². The first kappa shape index (κ1) is 13.5. The van der Waals surface area contributed by atoms with Crippen LogP contribution in [-0.2, 0) is 10.8 Å². The summed E-state index contributed by atoms with van der Waals surface area (Å²) in [7, 11) is -0.715. The van der Waals surface area contributed by atoms with Gasteiger partial charge in [0.1, 0.15) is 0 Å². The van der Waals surface area contributed by atoms with Crippen LogP contribution in [0.15, 0.2) is 18.2 Å². The van der Waals surface area contributed by atoms with E-state index in [1.807, 2.05) is 0 Å². The molecule has 1 aliphatic rings. The van der Waals surface area contributed by atoms with Gasteiger partial charge in [0.2, 0.25) is 0 Å². The highest BCUT2D eigenvalue weighted by molar-refractivity contribution is 7.85. The summed E-state index contributed by atoms with van der Waals surface area (Å²) in [6.07, 6.45) is 1.60. The number of aromatic nitrogens is 4. The molecule has 6 nitrogen and oxygen atoms in total. The quantitative estimate of drug-likeness (QED) is 0.852. The first-order valence-corrected chi connectivity index (χ1v) is 8.20. The molecule has 1 aliphatic heterocycles. The SMILES string of the molecule is Nc1cccc(Cl)c1-c1nnnn1C1CCS(=O)CC1. The number of hydrogen-bond donors (Lipinski definition) is 1. The maximum absolute atomic E-state index is 11.5. The summed E-state index contributed by atoms with van der Waals surface area (Å²) in [4.78, 5) is 0. The molecule has 2 heterocycles. The van der Waals surface area contributed by atoms with Crippen molar-refractivity contribution in [2.24, 2.45) is 0 Å². The molecule has 3 rings (SSSR count). The second kappa shape index (κ2) is 5.49. The van der Waals surface area contributed by atoms with Crippen LogP contribution in [0.2, 0.25) is 5.02 Å². The van der Waals surface area contributed by atoms with Gasteiger partial charge in [0.05, 0.1) is 16.6 Å². The number of tetrazole rings is 1. The van der Waals surface area contributed by atoms with Crippen LogP contribution in [0.25, 0.3) is 11.4 Å². The second-order valence-electron chi connectivity index (χ2n) is 4.73. The molecule has 1 aromatic heterocycles. The smallest absolute Gasteiger partial charge is 0.185 e. The highest BCUT2D eigenvalue weighted by atomic mass is 35.5. The van der Waals surface area contributed by atoms with E-state index in [0.717, 1.165) is 12.8 Å². The molecule has 0 bridgehead atoms. The fourth-order valence-electron chi connectivity index (χ4n) is 2.41. The zero-order chi connectivity index (χ0) is 14.1. The zero-order valence-corrected chi connectivity index (χ0v) is 12.3. The minimum absolute atomic E-state index is 0.147. The molecule has 0 aliphatic carbocycles. The van der Waals surface area contributed by atoms with Gasteiger partial charge < -0.3 is 5.73 Å². The van der Waals surface area contributed by atoms with E-state index in [2.05, 4.69) is 15.5 Å². The number of halogens is 1. The van der Waals surface area contributed by atoms with Crippen molar-refractivity contribution in [3.63, 3.8) is 0 Å². The third-order valence-electron chi connectivity index (χ3n) is 3.47. The molecule has 2 N–H and O–H groups in total. The number of nitrogens with two attached hydrogens (primary N) is 1. The minimum atomic E-state index is -0.715. The van der Waals surface area contributed by atoms with Crippen molar-refractivity contribution < 1.29 is 4.21 Å². The molecule has 2 aromatic rings. The predicted octanol–water partition coefficient (Wildman–Crippen LogP) is 1.66. The highest BCUT2D eigenvalue weighted by Crippen LogP contribution is 2.34. The molecule has 0 unspecified atom stereocenters. The van der Waals surface area contributed by atoms with Gasteiger partial charge in [-0.2, -0.15) is 0 Å². The largest absolute Gasteiger partial charge is 0.398 e. The number of hydrogen-bond acceptors (Lipinski definition) is 5. The Morgan fingerprint density at radius 3 is 2.80 bits per heavy atom. The van der Waals surface area contributed by atoms with E-state index in [9.17, 15) is 4.21 Å². The minimum Gasteiger partial charge on any atom is -0.398 e. The van der Waals surface area contributed by atoms with Crippen molar-refractivity contribution in [2.45, 2.75) is 18.9 Å². The van der Waals surface area contributed by atoms with Gasteiger partial charge in [-0.15, -0.1) is 5.10 Å². The van der Waals surface area contributed by atoms with Gasteiger partial charge in [-0.3, -0.25) is 4.21 Å². The average molecular weight is 312 g/mol. The summed E-state index contributed by atoms with van der Waals surface area (Å²) in [6, 6.07) is 5.48. The van der Waals surface area contributed by atoms with E-state index in [1.54, 1.807) is 22.9 Å². The van der Waals surface area contributed by atoms with E-state index in [0.29, 0.717) is 33.6 Å². The van der Waals surface area contributed by atoms with Gasteiger partial charge in [0.25, 0.3) is 0 Å². The fourth-order valence-corrected chi connectivity index (χ4v) is 3.95. The molecule has 0 atom stereocenters. The Kier molecular flexibility index (Phi) is 3.71. The van der Waals surface area contributed by atoms with Gasteiger partial charge >= 0.3 is 0 Å². The second-order valence-corrected chi connectivity index (χ2v) is 6.83. The molecule has 0 amide bonds. The van der Waals surface area contributed by atoms with E-state index in [-0.39, 0.29) is 6.04 Å². The van der Waals surface area contributed by atoms with Crippen molar-refractivity contribution in [3.8, 4) is 11.4 Å². The molecule has 0 saturated carbocycles. The lowest BCUT2D eigenvalue weighted by molar-refractivity contribution is 0.415. The molecule has 106 valence electrons. The number of anilines is 1. The molecule has 1 fully saturated rings. The summed E-state index contributed by atoms with van der Waals surface area (Å²) in [5.41, 5.74) is 7.20. The average Bonchev–Trinajstić information content (AvgIpc) is 2.88. The van der Waals surface area contributed by atoms with Crippen LogP contribution in [-0.4, -0.2) is 35.9 Å². The van der Waals surface area contributed by atoms with Crippen LogP contribution in [0.4, 0.5) is 5.69 Å². The number of nitrogens with zero attached hydrogens (tertiary/aromatic N) is 4. The Balaban J connectivity index is 2.00. The van der Waals surface area contributed by atoms with Crippen molar-refractivity contribution >= 4 is 28.1 Å². The Hall–Kier alpha value is -1.47. The maximum Gasteiger partial charge on any atom is 0.185 e. The van der Waals surface area contributed by atoms with E-state index < -0.39 is 10.8 Å². The summed E-state index contributed by atoms with van der Waals surface area (Å²) in [5.74, 6) is 1.94. The molecule has 20 heavy (non-hydrogen) atoms. The van der Waals surface area contributed by atoms with Crippen LogP contribution in [0.1, 0.15) is 18.9 Å². The zero-order valence-electron chi connectivity index (χ0n) is 10.7. The van der Waals surface area contributed by atoms with Gasteiger partial charge in [-0.05, 0) is 35.4 Å². The first-order valence-electron chi connectivity index (χ1n) is 6.34. The maximum atomic E-state index is 11.5. The van der Waals surface area contributed by atoms with E-state index in [4.69, 9.17) is 17.3 Å². The van der Waals surface area contributed by atoms with Gasteiger partial charge in [-0.1, -0.05) is 17.7 Å². The van der Waals surface area contributed by atoms with Crippen LogP contribution in [0.5, 0.6) is 0 Å². The molecule has 1 aromatic carbocycles. The topological polar surface area (TPSA) is 86.7 Å². The van der Waals surface area contributed by atoms with Crippen LogP contribution in [0.3, 0.4) is 0 Å². The summed E-state index contributed by atoms with van der Waals surface area (Å²) in [6.45, 7) is 0. The van der Waals surface area contributed by atoms with Gasteiger partial charge in [-0.25, -0.2) is 4.68 Å². The standard InChI is InChI=1S/C12H14ClN5OS/c13-9-2-1-3-10(14)11(9)12-15-16-17-18(12)8-4-6-20(19)7-5-8/h1-3,8H,4-7,14H2.